The monoisotopic (exact) mass is 228 g/mol. The number of hydrogen-bond donors (Lipinski definition) is 1. The zero-order chi connectivity index (χ0) is 11.8. The Balaban J connectivity index is 2.07. The van der Waals surface area contributed by atoms with Crippen LogP contribution in [0.3, 0.4) is 0 Å². The van der Waals surface area contributed by atoms with Gasteiger partial charge in [-0.3, -0.25) is 4.79 Å². The van der Waals surface area contributed by atoms with Crippen molar-refractivity contribution in [3.05, 3.63) is 30.1 Å². The van der Waals surface area contributed by atoms with E-state index in [-0.39, 0.29) is 18.8 Å². The topological polar surface area (TPSA) is 55.8 Å². The van der Waals surface area contributed by atoms with E-state index in [0.717, 1.165) is 0 Å². The van der Waals surface area contributed by atoms with Gasteiger partial charge >= 0.3 is 5.97 Å². The lowest BCUT2D eigenvalue weighted by Gasteiger charge is -2.06. The smallest absolute Gasteiger partial charge is 0.305 e. The fourth-order valence-corrected chi connectivity index (χ4v) is 1.01. The van der Waals surface area contributed by atoms with Crippen molar-refractivity contribution in [1.82, 2.24) is 0 Å². The number of benzene rings is 1. The summed E-state index contributed by atoms with van der Waals surface area (Å²) < 4.78 is 22.8. The Morgan fingerprint density at radius 2 is 1.88 bits per heavy atom. The summed E-state index contributed by atoms with van der Waals surface area (Å²) in [4.78, 5) is 10.1. The van der Waals surface area contributed by atoms with Crippen LogP contribution in [-0.4, -0.2) is 30.9 Å². The molecule has 0 fully saturated rings. The highest BCUT2D eigenvalue weighted by Gasteiger charge is 1.97. The second kappa shape index (κ2) is 6.79. The Kier molecular flexibility index (Phi) is 5.28. The molecule has 0 bridgehead atoms. The molecule has 0 spiro atoms. The van der Waals surface area contributed by atoms with Gasteiger partial charge in [0.15, 0.2) is 0 Å². The summed E-state index contributed by atoms with van der Waals surface area (Å²) in [6.07, 6.45) is -0.0173. The van der Waals surface area contributed by atoms with Crippen molar-refractivity contribution in [2.24, 2.45) is 0 Å². The van der Waals surface area contributed by atoms with Gasteiger partial charge in [0, 0.05) is 0 Å². The molecule has 0 saturated heterocycles. The maximum atomic E-state index is 12.5. The van der Waals surface area contributed by atoms with Crippen LogP contribution in [0, 0.1) is 5.82 Å². The van der Waals surface area contributed by atoms with E-state index in [2.05, 4.69) is 0 Å². The predicted molar refractivity (Wildman–Crippen MR) is 55.0 cm³/mol. The molecule has 88 valence electrons. The SMILES string of the molecule is O=C(O)CCOCCOc1ccc(F)cc1. The molecule has 0 amide bonds. The minimum atomic E-state index is -0.889. The Hall–Kier alpha value is -1.62. The molecule has 0 aliphatic rings. The largest absolute Gasteiger partial charge is 0.491 e. The van der Waals surface area contributed by atoms with E-state index < -0.39 is 5.97 Å². The van der Waals surface area contributed by atoms with Gasteiger partial charge in [0.05, 0.1) is 19.6 Å². The summed E-state index contributed by atoms with van der Waals surface area (Å²) in [5, 5.41) is 8.33. The van der Waals surface area contributed by atoms with Gasteiger partial charge in [0.2, 0.25) is 0 Å². The number of carbonyl (C=O) groups is 1. The lowest BCUT2D eigenvalue weighted by Crippen LogP contribution is -2.09. The van der Waals surface area contributed by atoms with E-state index >= 15 is 0 Å². The fourth-order valence-electron chi connectivity index (χ4n) is 1.01. The number of carboxylic acids is 1. The molecular weight excluding hydrogens is 215 g/mol. The summed E-state index contributed by atoms with van der Waals surface area (Å²) >= 11 is 0. The molecule has 1 rings (SSSR count). The van der Waals surface area contributed by atoms with Crippen LogP contribution < -0.4 is 4.74 Å². The molecule has 0 heterocycles. The highest BCUT2D eigenvalue weighted by Crippen LogP contribution is 2.10. The Morgan fingerprint density at radius 1 is 1.19 bits per heavy atom. The van der Waals surface area contributed by atoms with Crippen LogP contribution in [-0.2, 0) is 9.53 Å². The molecule has 5 heteroatoms. The third-order valence-electron chi connectivity index (χ3n) is 1.77. The van der Waals surface area contributed by atoms with Crippen molar-refractivity contribution in [3.8, 4) is 5.75 Å². The van der Waals surface area contributed by atoms with E-state index in [1.807, 2.05) is 0 Å². The molecule has 0 aliphatic carbocycles. The number of ether oxygens (including phenoxy) is 2. The first-order valence-electron chi connectivity index (χ1n) is 4.86. The van der Waals surface area contributed by atoms with Crippen molar-refractivity contribution < 1.29 is 23.8 Å². The van der Waals surface area contributed by atoms with E-state index in [0.29, 0.717) is 19.0 Å². The minimum absolute atomic E-state index is 0.0173. The first-order chi connectivity index (χ1) is 7.68. The third kappa shape index (κ3) is 5.31. The average Bonchev–Trinajstić information content (AvgIpc) is 2.25. The first-order valence-corrected chi connectivity index (χ1v) is 4.86. The zero-order valence-corrected chi connectivity index (χ0v) is 8.69. The van der Waals surface area contributed by atoms with Gasteiger partial charge in [-0.1, -0.05) is 0 Å². The first kappa shape index (κ1) is 12.4. The van der Waals surface area contributed by atoms with Gasteiger partial charge in [0.25, 0.3) is 0 Å². The number of rotatable bonds is 7. The van der Waals surface area contributed by atoms with Crippen molar-refractivity contribution in [2.75, 3.05) is 19.8 Å². The molecule has 1 N–H and O–H groups in total. The van der Waals surface area contributed by atoms with E-state index in [1.54, 1.807) is 0 Å². The zero-order valence-electron chi connectivity index (χ0n) is 8.69. The van der Waals surface area contributed by atoms with Crippen molar-refractivity contribution in [3.63, 3.8) is 0 Å². The fraction of sp³-hybridized carbons (Fsp3) is 0.364. The van der Waals surface area contributed by atoms with Crippen LogP contribution in [0.25, 0.3) is 0 Å². The van der Waals surface area contributed by atoms with E-state index in [9.17, 15) is 9.18 Å². The van der Waals surface area contributed by atoms with Gasteiger partial charge in [0.1, 0.15) is 18.2 Å². The van der Waals surface area contributed by atoms with Crippen LogP contribution in [0.15, 0.2) is 24.3 Å². The van der Waals surface area contributed by atoms with Crippen LogP contribution in [0.2, 0.25) is 0 Å². The lowest BCUT2D eigenvalue weighted by molar-refractivity contribution is -0.138. The summed E-state index contributed by atoms with van der Waals surface area (Å²) in [5.74, 6) is -0.646. The van der Waals surface area contributed by atoms with Gasteiger partial charge in [-0.2, -0.15) is 0 Å². The van der Waals surface area contributed by atoms with Crippen LogP contribution in [0.4, 0.5) is 4.39 Å². The number of halogens is 1. The van der Waals surface area contributed by atoms with Gasteiger partial charge in [-0.25, -0.2) is 4.39 Å². The molecule has 0 aromatic heterocycles. The standard InChI is InChI=1S/C11H13FO4/c12-9-1-3-10(4-2-9)16-8-7-15-6-5-11(13)14/h1-4H,5-8H2,(H,13,14). The number of aliphatic carboxylic acids is 1. The molecular formula is C11H13FO4. The van der Waals surface area contributed by atoms with Gasteiger partial charge in [-0.15, -0.1) is 0 Å². The van der Waals surface area contributed by atoms with Crippen molar-refractivity contribution in [1.29, 1.82) is 0 Å². The second-order valence-electron chi connectivity index (χ2n) is 3.06. The molecule has 0 unspecified atom stereocenters. The predicted octanol–water partition coefficient (Wildman–Crippen LogP) is 1.70. The Morgan fingerprint density at radius 3 is 2.50 bits per heavy atom. The quantitative estimate of drug-likeness (QED) is 0.721. The van der Waals surface area contributed by atoms with E-state index in [4.69, 9.17) is 14.6 Å². The minimum Gasteiger partial charge on any atom is -0.491 e. The normalized spacial score (nSPS) is 10.1. The molecule has 4 nitrogen and oxygen atoms in total. The second-order valence-corrected chi connectivity index (χ2v) is 3.06. The number of carboxylic acid groups (broad SMARTS) is 1. The summed E-state index contributed by atoms with van der Waals surface area (Å²) in [6, 6.07) is 5.65. The van der Waals surface area contributed by atoms with Gasteiger partial charge < -0.3 is 14.6 Å². The number of hydrogen-bond acceptors (Lipinski definition) is 3. The lowest BCUT2D eigenvalue weighted by atomic mass is 10.3. The molecule has 0 radical (unpaired) electrons. The third-order valence-corrected chi connectivity index (χ3v) is 1.77. The van der Waals surface area contributed by atoms with E-state index in [1.165, 1.54) is 24.3 Å². The summed E-state index contributed by atoms with van der Waals surface area (Å²) in [7, 11) is 0. The molecule has 1 aromatic rings. The molecule has 0 aliphatic heterocycles. The summed E-state index contributed by atoms with van der Waals surface area (Å²) in [5.41, 5.74) is 0. The molecule has 0 atom stereocenters. The van der Waals surface area contributed by atoms with Gasteiger partial charge in [-0.05, 0) is 24.3 Å². The molecule has 0 saturated carbocycles. The van der Waals surface area contributed by atoms with Crippen molar-refractivity contribution >= 4 is 5.97 Å². The average molecular weight is 228 g/mol. The highest BCUT2D eigenvalue weighted by atomic mass is 19.1. The van der Waals surface area contributed by atoms with Crippen LogP contribution >= 0.6 is 0 Å². The summed E-state index contributed by atoms with van der Waals surface area (Å²) in [6.45, 7) is 0.790. The maximum absolute atomic E-state index is 12.5. The van der Waals surface area contributed by atoms with Crippen LogP contribution in [0.1, 0.15) is 6.42 Å². The Labute approximate surface area is 92.6 Å². The van der Waals surface area contributed by atoms with Crippen LogP contribution in [0.5, 0.6) is 5.75 Å². The molecule has 16 heavy (non-hydrogen) atoms. The maximum Gasteiger partial charge on any atom is 0.305 e. The highest BCUT2D eigenvalue weighted by molar-refractivity contribution is 5.66. The molecule has 1 aromatic carbocycles. The van der Waals surface area contributed by atoms with Crippen molar-refractivity contribution in [2.45, 2.75) is 6.42 Å². The Bertz CT molecular complexity index is 323.